The van der Waals surface area contributed by atoms with E-state index in [1.54, 1.807) is 18.3 Å². The Morgan fingerprint density at radius 1 is 1.23 bits per heavy atom. The molecular weight excluding hydrogens is 386 g/mol. The number of hydrogen-bond donors (Lipinski definition) is 1. The molecular formula is C21H21N5O4. The molecule has 0 bridgehead atoms. The number of pyridine rings is 2. The zero-order valence-corrected chi connectivity index (χ0v) is 16.6. The second kappa shape index (κ2) is 8.24. The Morgan fingerprint density at radius 2 is 2.03 bits per heavy atom. The SMILES string of the molecule is CCC(Oc1ccc(-n2cccc2)cn1)C(=O)N1CC(=O)Nc2cc(OC)cnc21. The number of amides is 2. The molecule has 1 unspecified atom stereocenters. The maximum atomic E-state index is 13.2. The first kappa shape index (κ1) is 19.4. The van der Waals surface area contributed by atoms with Crippen molar-refractivity contribution in [3.63, 3.8) is 0 Å². The van der Waals surface area contributed by atoms with E-state index in [9.17, 15) is 9.59 Å². The first-order valence-electron chi connectivity index (χ1n) is 9.50. The third kappa shape index (κ3) is 3.82. The molecule has 30 heavy (non-hydrogen) atoms. The predicted molar refractivity (Wildman–Crippen MR) is 110 cm³/mol. The maximum Gasteiger partial charge on any atom is 0.269 e. The highest BCUT2D eigenvalue weighted by atomic mass is 16.5. The van der Waals surface area contributed by atoms with Gasteiger partial charge in [-0.05, 0) is 24.6 Å². The Morgan fingerprint density at radius 3 is 2.70 bits per heavy atom. The molecule has 0 saturated carbocycles. The lowest BCUT2D eigenvalue weighted by molar-refractivity contribution is -0.127. The molecule has 1 N–H and O–H groups in total. The van der Waals surface area contributed by atoms with Crippen molar-refractivity contribution in [3.05, 3.63) is 55.1 Å². The molecule has 3 aromatic heterocycles. The molecule has 2 amide bonds. The highest BCUT2D eigenvalue weighted by Crippen LogP contribution is 2.31. The van der Waals surface area contributed by atoms with Crippen LogP contribution in [-0.4, -0.2) is 46.1 Å². The Kier molecular flexibility index (Phi) is 5.34. The molecule has 154 valence electrons. The van der Waals surface area contributed by atoms with Crippen LogP contribution in [-0.2, 0) is 9.59 Å². The monoisotopic (exact) mass is 407 g/mol. The predicted octanol–water partition coefficient (Wildman–Crippen LogP) is 2.42. The van der Waals surface area contributed by atoms with Gasteiger partial charge in [-0.1, -0.05) is 6.92 Å². The average Bonchev–Trinajstić information content (AvgIpc) is 3.31. The lowest BCUT2D eigenvalue weighted by Gasteiger charge is -2.30. The van der Waals surface area contributed by atoms with Crippen molar-refractivity contribution in [1.29, 1.82) is 0 Å². The fourth-order valence-electron chi connectivity index (χ4n) is 3.18. The van der Waals surface area contributed by atoms with Crippen LogP contribution >= 0.6 is 0 Å². The molecule has 0 spiro atoms. The first-order chi connectivity index (χ1) is 14.6. The van der Waals surface area contributed by atoms with Crippen LogP contribution in [0.2, 0.25) is 0 Å². The number of nitrogens with zero attached hydrogens (tertiary/aromatic N) is 4. The number of hydrogen-bond acceptors (Lipinski definition) is 6. The molecule has 1 atom stereocenters. The van der Waals surface area contributed by atoms with Gasteiger partial charge >= 0.3 is 0 Å². The number of carbonyl (C=O) groups excluding carboxylic acids is 2. The minimum Gasteiger partial charge on any atom is -0.495 e. The van der Waals surface area contributed by atoms with Gasteiger partial charge in [0.2, 0.25) is 11.8 Å². The van der Waals surface area contributed by atoms with Crippen LogP contribution in [0.25, 0.3) is 5.69 Å². The fraction of sp³-hybridized carbons (Fsp3) is 0.238. The van der Waals surface area contributed by atoms with Gasteiger partial charge in [0.15, 0.2) is 11.9 Å². The van der Waals surface area contributed by atoms with Crippen LogP contribution in [0, 0.1) is 0 Å². The Labute approximate surface area is 173 Å². The molecule has 0 aromatic carbocycles. The summed E-state index contributed by atoms with van der Waals surface area (Å²) in [6.07, 6.45) is 6.60. The number of rotatable bonds is 6. The molecule has 4 rings (SSSR count). The van der Waals surface area contributed by atoms with Crippen LogP contribution in [0.1, 0.15) is 13.3 Å². The van der Waals surface area contributed by atoms with Crippen molar-refractivity contribution in [1.82, 2.24) is 14.5 Å². The van der Waals surface area contributed by atoms with Gasteiger partial charge in [0, 0.05) is 24.5 Å². The maximum absolute atomic E-state index is 13.2. The standard InChI is InChI=1S/C21H21N5O4/c1-3-17(30-19-7-6-14(11-22-19)25-8-4-5-9-25)21(28)26-13-18(27)24-16-10-15(29-2)12-23-20(16)26/h4-12,17H,3,13H2,1-2H3,(H,24,27). The molecule has 9 heteroatoms. The van der Waals surface area contributed by atoms with E-state index in [1.807, 2.05) is 42.1 Å². The summed E-state index contributed by atoms with van der Waals surface area (Å²) in [6, 6.07) is 9.05. The van der Waals surface area contributed by atoms with Crippen molar-refractivity contribution in [3.8, 4) is 17.3 Å². The van der Waals surface area contributed by atoms with Crippen molar-refractivity contribution < 1.29 is 19.1 Å². The zero-order valence-electron chi connectivity index (χ0n) is 16.6. The molecule has 4 heterocycles. The minimum atomic E-state index is -0.808. The van der Waals surface area contributed by atoms with Crippen molar-refractivity contribution >= 4 is 23.3 Å². The summed E-state index contributed by atoms with van der Waals surface area (Å²) >= 11 is 0. The van der Waals surface area contributed by atoms with Gasteiger partial charge in [-0.3, -0.25) is 14.5 Å². The summed E-state index contributed by atoms with van der Waals surface area (Å²) in [7, 11) is 1.51. The van der Waals surface area contributed by atoms with E-state index < -0.39 is 6.10 Å². The molecule has 0 radical (unpaired) electrons. The van der Waals surface area contributed by atoms with Crippen molar-refractivity contribution in [2.45, 2.75) is 19.4 Å². The summed E-state index contributed by atoms with van der Waals surface area (Å²) in [4.78, 5) is 35.2. The van der Waals surface area contributed by atoms with E-state index in [1.165, 1.54) is 18.2 Å². The number of methoxy groups -OCH3 is 1. The normalized spacial score (nSPS) is 13.9. The molecule has 9 nitrogen and oxygen atoms in total. The number of nitrogens with one attached hydrogen (secondary N) is 1. The molecule has 3 aromatic rings. The van der Waals surface area contributed by atoms with Gasteiger partial charge in [0.05, 0.1) is 30.9 Å². The van der Waals surface area contributed by atoms with Crippen LogP contribution < -0.4 is 19.7 Å². The van der Waals surface area contributed by atoms with Gasteiger partial charge in [-0.25, -0.2) is 9.97 Å². The largest absolute Gasteiger partial charge is 0.495 e. The smallest absolute Gasteiger partial charge is 0.269 e. The van der Waals surface area contributed by atoms with Gasteiger partial charge in [-0.2, -0.15) is 0 Å². The summed E-state index contributed by atoms with van der Waals surface area (Å²) in [5.41, 5.74) is 1.30. The van der Waals surface area contributed by atoms with E-state index in [4.69, 9.17) is 9.47 Å². The second-order valence-corrected chi connectivity index (χ2v) is 6.68. The van der Waals surface area contributed by atoms with Gasteiger partial charge in [0.1, 0.15) is 12.3 Å². The quantitative estimate of drug-likeness (QED) is 0.674. The van der Waals surface area contributed by atoms with Crippen LogP contribution in [0.15, 0.2) is 55.1 Å². The molecule has 0 aliphatic carbocycles. The highest BCUT2D eigenvalue weighted by Gasteiger charge is 2.33. The van der Waals surface area contributed by atoms with Crippen LogP contribution in [0.3, 0.4) is 0 Å². The van der Waals surface area contributed by atoms with E-state index in [0.717, 1.165) is 5.69 Å². The van der Waals surface area contributed by atoms with E-state index in [-0.39, 0.29) is 18.4 Å². The highest BCUT2D eigenvalue weighted by molar-refractivity contribution is 6.10. The number of aromatic nitrogens is 3. The third-order valence-electron chi connectivity index (χ3n) is 4.71. The number of fused-ring (bicyclic) bond motifs is 1. The Balaban J connectivity index is 1.54. The lowest BCUT2D eigenvalue weighted by atomic mass is 10.2. The van der Waals surface area contributed by atoms with E-state index >= 15 is 0 Å². The fourth-order valence-corrected chi connectivity index (χ4v) is 3.18. The Bertz CT molecular complexity index is 1050. The topological polar surface area (TPSA) is 98.6 Å². The number of anilines is 2. The third-order valence-corrected chi connectivity index (χ3v) is 4.71. The average molecular weight is 407 g/mol. The summed E-state index contributed by atoms with van der Waals surface area (Å²) in [5, 5.41) is 2.71. The molecule has 0 saturated heterocycles. The minimum absolute atomic E-state index is 0.134. The Hall–Kier alpha value is -3.88. The van der Waals surface area contributed by atoms with Gasteiger partial charge in [-0.15, -0.1) is 0 Å². The number of carbonyl (C=O) groups is 2. The molecule has 1 aliphatic rings. The van der Waals surface area contributed by atoms with E-state index in [0.29, 0.717) is 29.6 Å². The van der Waals surface area contributed by atoms with Gasteiger partial charge in [0.25, 0.3) is 5.91 Å². The van der Waals surface area contributed by atoms with Crippen molar-refractivity contribution in [2.24, 2.45) is 0 Å². The molecule has 1 aliphatic heterocycles. The van der Waals surface area contributed by atoms with Crippen LogP contribution in [0.4, 0.5) is 11.5 Å². The summed E-state index contributed by atoms with van der Waals surface area (Å²) < 4.78 is 12.9. The molecule has 0 fully saturated rings. The van der Waals surface area contributed by atoms with Crippen LogP contribution in [0.5, 0.6) is 11.6 Å². The van der Waals surface area contributed by atoms with E-state index in [2.05, 4.69) is 15.3 Å². The lowest BCUT2D eigenvalue weighted by Crippen LogP contribution is -2.48. The number of ether oxygens (including phenoxy) is 2. The van der Waals surface area contributed by atoms with Crippen molar-refractivity contribution in [2.75, 3.05) is 23.9 Å². The summed E-state index contributed by atoms with van der Waals surface area (Å²) in [5.74, 6) is 0.505. The summed E-state index contributed by atoms with van der Waals surface area (Å²) in [6.45, 7) is 1.70. The van der Waals surface area contributed by atoms with Gasteiger partial charge < -0.3 is 19.4 Å². The zero-order chi connectivity index (χ0) is 21.1. The second-order valence-electron chi connectivity index (χ2n) is 6.68. The first-order valence-corrected chi connectivity index (χ1v) is 9.50.